The van der Waals surface area contributed by atoms with Gasteiger partial charge in [0, 0.05) is 35.8 Å². The van der Waals surface area contributed by atoms with Gasteiger partial charge in [0.1, 0.15) is 5.84 Å². The minimum atomic E-state index is -1.55. The molecule has 3 heterocycles. The molecule has 3 aromatic rings. The number of fused-ring (bicyclic) bond motifs is 3. The summed E-state index contributed by atoms with van der Waals surface area (Å²) >= 11 is 0. The number of nitrogens with zero attached hydrogens (tertiary/aromatic N) is 3. The summed E-state index contributed by atoms with van der Waals surface area (Å²) in [7, 11) is 0. The van der Waals surface area contributed by atoms with Crippen LogP contribution in [-0.4, -0.2) is 33.9 Å². The van der Waals surface area contributed by atoms with Crippen molar-refractivity contribution in [3.8, 4) is 0 Å². The summed E-state index contributed by atoms with van der Waals surface area (Å²) in [5.74, 6) is 0.163. The van der Waals surface area contributed by atoms with E-state index in [1.807, 2.05) is 61.3 Å². The number of rotatable bonds is 1. The maximum atomic E-state index is 13.0. The quantitative estimate of drug-likeness (QED) is 0.688. The standard InChI is InChI=1S/C22H19N3O2.CH4/c1-13-3-5-19-17(10-13)20(26)22(27)7-8-25(21(22)24-19)16-4-6-18-15(11-16)9-14(2)12-23-18;/h3-6,9-12,27H,7-8H2,1-2H3;1H4/t22-;/m1./s1. The van der Waals surface area contributed by atoms with Crippen molar-refractivity contribution in [2.75, 3.05) is 11.4 Å². The van der Waals surface area contributed by atoms with E-state index in [2.05, 4.69) is 16.0 Å². The molecule has 2 aromatic carbocycles. The molecule has 0 spiro atoms. The monoisotopic (exact) mass is 373 g/mol. The summed E-state index contributed by atoms with van der Waals surface area (Å²) in [5.41, 5.74) is 3.47. The van der Waals surface area contributed by atoms with Crippen molar-refractivity contribution in [3.05, 3.63) is 65.4 Å². The maximum absolute atomic E-state index is 13.0. The average molecular weight is 373 g/mol. The Balaban J connectivity index is 0.00000192. The molecule has 1 aromatic heterocycles. The molecule has 1 saturated heterocycles. The highest BCUT2D eigenvalue weighted by Gasteiger charge is 2.52. The molecule has 1 fully saturated rings. The number of Topliss-reactive ketones (excluding diaryl/α,β-unsaturated/α-hetero) is 1. The lowest BCUT2D eigenvalue weighted by molar-refractivity contribution is 0.0602. The van der Waals surface area contributed by atoms with Crippen LogP contribution in [0.5, 0.6) is 0 Å². The third-order valence-corrected chi connectivity index (χ3v) is 5.43. The Hall–Kier alpha value is -3.05. The Bertz CT molecular complexity index is 1150. The molecule has 0 bridgehead atoms. The second kappa shape index (κ2) is 6.24. The van der Waals surface area contributed by atoms with E-state index in [0.29, 0.717) is 30.1 Å². The van der Waals surface area contributed by atoms with E-state index >= 15 is 0 Å². The fraction of sp³-hybridized carbons (Fsp3) is 0.261. The first kappa shape index (κ1) is 18.3. The normalized spacial score (nSPS) is 20.5. The molecular formula is C23H23N3O2. The number of ketones is 1. The molecule has 0 amide bonds. The van der Waals surface area contributed by atoms with Crippen molar-refractivity contribution < 1.29 is 9.90 Å². The number of amidine groups is 1. The number of aryl methyl sites for hydroxylation is 2. The molecule has 2 aliphatic heterocycles. The second-order valence-corrected chi connectivity index (χ2v) is 7.44. The number of aliphatic hydroxyl groups is 1. The zero-order valence-electron chi connectivity index (χ0n) is 15.2. The van der Waals surface area contributed by atoms with E-state index in [1.165, 1.54) is 0 Å². The molecule has 2 aliphatic rings. The van der Waals surface area contributed by atoms with Gasteiger partial charge in [0.05, 0.1) is 11.2 Å². The van der Waals surface area contributed by atoms with Crippen LogP contribution in [0.15, 0.2) is 53.7 Å². The molecule has 28 heavy (non-hydrogen) atoms. The van der Waals surface area contributed by atoms with Gasteiger partial charge in [-0.1, -0.05) is 19.1 Å². The van der Waals surface area contributed by atoms with E-state index in [4.69, 9.17) is 0 Å². The highest BCUT2D eigenvalue weighted by atomic mass is 16.3. The van der Waals surface area contributed by atoms with Crippen molar-refractivity contribution in [2.24, 2.45) is 4.99 Å². The van der Waals surface area contributed by atoms with Gasteiger partial charge in [-0.3, -0.25) is 9.78 Å². The molecule has 0 saturated carbocycles. The molecule has 1 N–H and O–H groups in total. The van der Waals surface area contributed by atoms with Crippen molar-refractivity contribution in [1.82, 2.24) is 4.98 Å². The van der Waals surface area contributed by atoms with Crippen molar-refractivity contribution in [2.45, 2.75) is 33.3 Å². The van der Waals surface area contributed by atoms with Crippen LogP contribution in [0.2, 0.25) is 0 Å². The fourth-order valence-electron chi connectivity index (χ4n) is 4.00. The van der Waals surface area contributed by atoms with Gasteiger partial charge < -0.3 is 10.0 Å². The maximum Gasteiger partial charge on any atom is 0.204 e. The number of hydrogen-bond acceptors (Lipinski definition) is 5. The Kier molecular flexibility index (Phi) is 4.08. The average Bonchev–Trinajstić information content (AvgIpc) is 3.00. The molecule has 5 heteroatoms. The largest absolute Gasteiger partial charge is 0.374 e. The predicted molar refractivity (Wildman–Crippen MR) is 113 cm³/mol. The van der Waals surface area contributed by atoms with Crippen LogP contribution < -0.4 is 4.90 Å². The lowest BCUT2D eigenvalue weighted by Crippen LogP contribution is -2.48. The Morgan fingerprint density at radius 3 is 2.71 bits per heavy atom. The molecule has 0 unspecified atom stereocenters. The van der Waals surface area contributed by atoms with E-state index in [0.717, 1.165) is 27.7 Å². The highest BCUT2D eigenvalue weighted by Crippen LogP contribution is 2.40. The zero-order valence-corrected chi connectivity index (χ0v) is 15.2. The van der Waals surface area contributed by atoms with E-state index < -0.39 is 5.60 Å². The topological polar surface area (TPSA) is 65.8 Å². The van der Waals surface area contributed by atoms with Crippen LogP contribution in [0.3, 0.4) is 0 Å². The SMILES string of the molecule is C.Cc1ccc2c(c1)C(=O)[C@]1(O)CCN(c3ccc4ncc(C)cc4c3)C1=N2. The third kappa shape index (κ3) is 2.54. The second-order valence-electron chi connectivity index (χ2n) is 7.44. The van der Waals surface area contributed by atoms with E-state index in [9.17, 15) is 9.90 Å². The first-order valence-electron chi connectivity index (χ1n) is 9.07. The number of pyridine rings is 1. The highest BCUT2D eigenvalue weighted by molar-refractivity contribution is 6.28. The number of aromatic nitrogens is 1. The minimum absolute atomic E-state index is 0. The van der Waals surface area contributed by atoms with Gasteiger partial charge in [-0.05, 0) is 55.8 Å². The van der Waals surface area contributed by atoms with Crippen LogP contribution in [-0.2, 0) is 0 Å². The van der Waals surface area contributed by atoms with Gasteiger partial charge in [-0.15, -0.1) is 0 Å². The van der Waals surface area contributed by atoms with Crippen molar-refractivity contribution in [1.29, 1.82) is 0 Å². The number of aliphatic imine (C=N–C) groups is 1. The lowest BCUT2D eigenvalue weighted by atomic mass is 9.87. The summed E-state index contributed by atoms with van der Waals surface area (Å²) in [6.45, 7) is 4.48. The van der Waals surface area contributed by atoms with Gasteiger partial charge in [0.15, 0.2) is 5.60 Å². The van der Waals surface area contributed by atoms with Crippen LogP contribution in [0.25, 0.3) is 10.9 Å². The fourth-order valence-corrected chi connectivity index (χ4v) is 4.00. The van der Waals surface area contributed by atoms with Gasteiger partial charge >= 0.3 is 0 Å². The van der Waals surface area contributed by atoms with Crippen LogP contribution in [0.1, 0.15) is 35.3 Å². The zero-order chi connectivity index (χ0) is 18.8. The summed E-state index contributed by atoms with van der Waals surface area (Å²) in [5, 5.41) is 12.2. The van der Waals surface area contributed by atoms with Gasteiger partial charge in [-0.2, -0.15) is 0 Å². The number of carbonyl (C=O) groups excluding carboxylic acids is 1. The summed E-state index contributed by atoms with van der Waals surface area (Å²) in [4.78, 5) is 24.1. The molecule has 5 rings (SSSR count). The molecule has 1 atom stereocenters. The third-order valence-electron chi connectivity index (χ3n) is 5.43. The summed E-state index contributed by atoms with van der Waals surface area (Å²) < 4.78 is 0. The molecule has 5 nitrogen and oxygen atoms in total. The lowest BCUT2D eigenvalue weighted by Gasteiger charge is -2.30. The van der Waals surface area contributed by atoms with Gasteiger partial charge in [0.2, 0.25) is 5.78 Å². The smallest absolute Gasteiger partial charge is 0.204 e. The Labute approximate surface area is 164 Å². The molecule has 0 radical (unpaired) electrons. The number of anilines is 1. The van der Waals surface area contributed by atoms with Gasteiger partial charge in [-0.25, -0.2) is 4.99 Å². The first-order chi connectivity index (χ1) is 13.0. The van der Waals surface area contributed by atoms with Crippen molar-refractivity contribution >= 4 is 33.9 Å². The van der Waals surface area contributed by atoms with Crippen molar-refractivity contribution in [3.63, 3.8) is 0 Å². The van der Waals surface area contributed by atoms with Gasteiger partial charge in [0.25, 0.3) is 0 Å². The Morgan fingerprint density at radius 1 is 1.07 bits per heavy atom. The number of hydrogen-bond donors (Lipinski definition) is 1. The first-order valence-corrected chi connectivity index (χ1v) is 9.07. The van der Waals surface area contributed by atoms with Crippen LogP contribution >= 0.6 is 0 Å². The number of carbonyl (C=O) groups is 1. The molecule has 142 valence electrons. The van der Waals surface area contributed by atoms with Crippen LogP contribution in [0, 0.1) is 13.8 Å². The van der Waals surface area contributed by atoms with E-state index in [1.54, 1.807) is 0 Å². The molecular weight excluding hydrogens is 350 g/mol. The predicted octanol–water partition coefficient (Wildman–Crippen LogP) is 4.36. The summed E-state index contributed by atoms with van der Waals surface area (Å²) in [6.07, 6.45) is 2.18. The van der Waals surface area contributed by atoms with E-state index in [-0.39, 0.29) is 13.2 Å². The minimum Gasteiger partial charge on any atom is -0.374 e. The summed E-state index contributed by atoms with van der Waals surface area (Å²) in [6, 6.07) is 13.6. The number of benzene rings is 2. The Morgan fingerprint density at radius 2 is 1.89 bits per heavy atom. The van der Waals surface area contributed by atoms with Crippen LogP contribution in [0.4, 0.5) is 11.4 Å². The molecule has 0 aliphatic carbocycles.